The molecule has 1 aromatic heterocycles. The number of hydrogen-bond acceptors (Lipinski definition) is 3. The highest BCUT2D eigenvalue weighted by molar-refractivity contribution is 6.04. The van der Waals surface area contributed by atoms with Crippen LogP contribution in [-0.2, 0) is 0 Å². The zero-order chi connectivity index (χ0) is 10.1. The molecule has 0 saturated heterocycles. The second kappa shape index (κ2) is 3.08. The molecule has 6 heteroatoms. The summed E-state index contributed by atoms with van der Waals surface area (Å²) in [5.41, 5.74) is 2.61. The van der Waals surface area contributed by atoms with Gasteiger partial charge in [-0.05, 0) is 18.2 Å². The highest BCUT2D eigenvalue weighted by Crippen LogP contribution is 2.16. The molecule has 0 aliphatic carbocycles. The first-order valence-corrected chi connectivity index (χ1v) is 3.87. The number of fused-ring (bicyclic) bond motifs is 1. The molecular formula is C8H7FN4O. The van der Waals surface area contributed by atoms with Crippen molar-refractivity contribution in [2.24, 2.45) is 5.84 Å². The number of carbonyl (C=O) groups is 1. The van der Waals surface area contributed by atoms with Gasteiger partial charge in [0, 0.05) is 5.39 Å². The molecule has 14 heavy (non-hydrogen) atoms. The van der Waals surface area contributed by atoms with Crippen LogP contribution in [0.5, 0.6) is 0 Å². The summed E-state index contributed by atoms with van der Waals surface area (Å²) < 4.78 is 12.9. The van der Waals surface area contributed by atoms with Crippen LogP contribution in [0, 0.1) is 5.82 Å². The number of amides is 1. The van der Waals surface area contributed by atoms with Crippen molar-refractivity contribution in [3.63, 3.8) is 0 Å². The average Bonchev–Trinajstić information content (AvgIpc) is 2.59. The molecule has 0 fully saturated rings. The third-order valence-electron chi connectivity index (χ3n) is 1.87. The van der Waals surface area contributed by atoms with E-state index in [2.05, 4.69) is 10.2 Å². The number of benzene rings is 1. The Bertz CT molecular complexity index is 493. The highest BCUT2D eigenvalue weighted by atomic mass is 19.1. The molecule has 4 N–H and O–H groups in total. The van der Waals surface area contributed by atoms with Gasteiger partial charge < -0.3 is 0 Å². The van der Waals surface area contributed by atoms with E-state index in [9.17, 15) is 9.18 Å². The smallest absolute Gasteiger partial charge is 0.286 e. The maximum atomic E-state index is 12.9. The van der Waals surface area contributed by atoms with Gasteiger partial charge in [-0.1, -0.05) is 0 Å². The number of nitrogens with one attached hydrogen (secondary N) is 2. The topological polar surface area (TPSA) is 83.8 Å². The monoisotopic (exact) mass is 194 g/mol. The Morgan fingerprint density at radius 3 is 3.07 bits per heavy atom. The standard InChI is InChI=1S/C8H7FN4O/c9-4-1-2-6-5(3-4)7(13-12-6)8(14)11-10/h1-3H,10H2,(H,11,14)(H,12,13). The minimum atomic E-state index is -0.554. The molecule has 0 aliphatic heterocycles. The van der Waals surface area contributed by atoms with E-state index in [1.54, 1.807) is 0 Å². The fourth-order valence-electron chi connectivity index (χ4n) is 1.23. The van der Waals surface area contributed by atoms with Crippen LogP contribution in [0.3, 0.4) is 0 Å². The van der Waals surface area contributed by atoms with Crippen molar-refractivity contribution in [1.29, 1.82) is 0 Å². The third-order valence-corrected chi connectivity index (χ3v) is 1.87. The second-order valence-corrected chi connectivity index (χ2v) is 2.74. The van der Waals surface area contributed by atoms with Crippen LogP contribution in [0.4, 0.5) is 4.39 Å². The zero-order valence-electron chi connectivity index (χ0n) is 7.04. The number of hydrogen-bond donors (Lipinski definition) is 3. The van der Waals surface area contributed by atoms with Crippen LogP contribution in [0.1, 0.15) is 10.5 Å². The first kappa shape index (κ1) is 8.64. The van der Waals surface area contributed by atoms with Crippen LogP contribution in [0.25, 0.3) is 10.9 Å². The van der Waals surface area contributed by atoms with E-state index < -0.39 is 11.7 Å². The summed E-state index contributed by atoms with van der Waals surface area (Å²) in [5.74, 6) is 3.97. The molecule has 0 aliphatic rings. The number of carbonyl (C=O) groups excluding carboxylic acids is 1. The maximum Gasteiger partial charge on any atom is 0.286 e. The Balaban J connectivity index is 2.67. The van der Waals surface area contributed by atoms with E-state index in [0.29, 0.717) is 10.9 Å². The Kier molecular flexibility index (Phi) is 1.90. The second-order valence-electron chi connectivity index (χ2n) is 2.74. The Morgan fingerprint density at radius 2 is 2.36 bits per heavy atom. The Labute approximate surface area is 78.1 Å². The molecule has 0 saturated carbocycles. The molecule has 2 rings (SSSR count). The van der Waals surface area contributed by atoms with E-state index in [-0.39, 0.29) is 5.69 Å². The number of nitrogens with zero attached hydrogens (tertiary/aromatic N) is 1. The molecule has 0 spiro atoms. The lowest BCUT2D eigenvalue weighted by Crippen LogP contribution is -2.30. The summed E-state index contributed by atoms with van der Waals surface area (Å²) >= 11 is 0. The average molecular weight is 194 g/mol. The van der Waals surface area contributed by atoms with Gasteiger partial charge in [-0.25, -0.2) is 10.2 Å². The zero-order valence-corrected chi connectivity index (χ0v) is 7.04. The third kappa shape index (κ3) is 1.21. The highest BCUT2D eigenvalue weighted by Gasteiger charge is 2.12. The first-order chi connectivity index (χ1) is 6.72. The van der Waals surface area contributed by atoms with Crippen LogP contribution in [0.15, 0.2) is 18.2 Å². The van der Waals surface area contributed by atoms with Gasteiger partial charge in [0.1, 0.15) is 5.82 Å². The fourth-order valence-corrected chi connectivity index (χ4v) is 1.23. The fraction of sp³-hybridized carbons (Fsp3) is 0. The van der Waals surface area contributed by atoms with Crippen molar-refractivity contribution in [1.82, 2.24) is 15.6 Å². The minimum absolute atomic E-state index is 0.0852. The normalized spacial score (nSPS) is 10.4. The van der Waals surface area contributed by atoms with Crippen molar-refractivity contribution in [3.05, 3.63) is 29.7 Å². The van der Waals surface area contributed by atoms with E-state index in [1.165, 1.54) is 18.2 Å². The number of aromatic nitrogens is 2. The van der Waals surface area contributed by atoms with Gasteiger partial charge >= 0.3 is 0 Å². The van der Waals surface area contributed by atoms with Gasteiger partial charge in [0.2, 0.25) is 0 Å². The first-order valence-electron chi connectivity index (χ1n) is 3.87. The molecule has 1 aromatic carbocycles. The summed E-state index contributed by atoms with van der Waals surface area (Å²) in [6.45, 7) is 0. The van der Waals surface area contributed by atoms with E-state index in [0.717, 1.165) is 0 Å². The molecule has 0 unspecified atom stereocenters. The summed E-state index contributed by atoms with van der Waals surface area (Å²) in [6, 6.07) is 4.01. The largest absolute Gasteiger partial charge is 0.289 e. The minimum Gasteiger partial charge on any atom is -0.289 e. The number of H-pyrrole nitrogens is 1. The van der Waals surface area contributed by atoms with Crippen molar-refractivity contribution >= 4 is 16.8 Å². The lowest BCUT2D eigenvalue weighted by atomic mass is 10.2. The summed E-state index contributed by atoms with van der Waals surface area (Å²) in [6.07, 6.45) is 0. The van der Waals surface area contributed by atoms with Crippen molar-refractivity contribution in [2.75, 3.05) is 0 Å². The predicted octanol–water partition coefficient (Wildman–Crippen LogP) is 0.305. The number of aromatic amines is 1. The van der Waals surface area contributed by atoms with Gasteiger partial charge in [-0.15, -0.1) is 0 Å². The van der Waals surface area contributed by atoms with E-state index >= 15 is 0 Å². The Morgan fingerprint density at radius 1 is 1.57 bits per heavy atom. The molecule has 0 atom stereocenters. The van der Waals surface area contributed by atoms with Crippen molar-refractivity contribution < 1.29 is 9.18 Å². The van der Waals surface area contributed by atoms with Crippen LogP contribution in [-0.4, -0.2) is 16.1 Å². The van der Waals surface area contributed by atoms with Crippen LogP contribution >= 0.6 is 0 Å². The molecule has 5 nitrogen and oxygen atoms in total. The van der Waals surface area contributed by atoms with Gasteiger partial charge in [-0.2, -0.15) is 5.10 Å². The van der Waals surface area contributed by atoms with Crippen molar-refractivity contribution in [3.8, 4) is 0 Å². The van der Waals surface area contributed by atoms with Crippen molar-refractivity contribution in [2.45, 2.75) is 0 Å². The predicted molar refractivity (Wildman–Crippen MR) is 47.7 cm³/mol. The summed E-state index contributed by atoms with van der Waals surface area (Å²) in [4.78, 5) is 11.2. The number of nitrogen functional groups attached to an aromatic ring is 1. The van der Waals surface area contributed by atoms with E-state index in [4.69, 9.17) is 5.84 Å². The SMILES string of the molecule is NNC(=O)c1n[nH]c2ccc(F)cc12. The molecule has 2 aromatic rings. The van der Waals surface area contributed by atoms with Crippen LogP contribution in [0.2, 0.25) is 0 Å². The van der Waals surface area contributed by atoms with Gasteiger partial charge in [0.05, 0.1) is 5.52 Å². The molecule has 1 amide bonds. The lowest BCUT2D eigenvalue weighted by molar-refractivity contribution is 0.0950. The number of rotatable bonds is 1. The quantitative estimate of drug-likeness (QED) is 0.347. The molecule has 1 heterocycles. The maximum absolute atomic E-state index is 12.9. The number of halogens is 1. The Hall–Kier alpha value is -1.95. The molecule has 0 radical (unpaired) electrons. The van der Waals surface area contributed by atoms with E-state index in [1.807, 2.05) is 5.43 Å². The molecular weight excluding hydrogens is 187 g/mol. The van der Waals surface area contributed by atoms with Gasteiger partial charge in [0.15, 0.2) is 5.69 Å². The number of nitrogens with two attached hydrogens (primary N) is 1. The lowest BCUT2D eigenvalue weighted by Gasteiger charge is -1.94. The van der Waals surface area contributed by atoms with Gasteiger partial charge in [0.25, 0.3) is 5.91 Å². The summed E-state index contributed by atoms with van der Waals surface area (Å²) in [5, 5.41) is 6.73. The number of hydrazine groups is 1. The van der Waals surface area contributed by atoms with Gasteiger partial charge in [-0.3, -0.25) is 15.3 Å². The summed E-state index contributed by atoms with van der Waals surface area (Å²) in [7, 11) is 0. The van der Waals surface area contributed by atoms with Crippen LogP contribution < -0.4 is 11.3 Å². The molecule has 0 bridgehead atoms. The molecule has 72 valence electrons.